The van der Waals surface area contributed by atoms with Crippen LogP contribution in [0.5, 0.6) is 11.8 Å². The third-order valence-electron chi connectivity index (χ3n) is 9.42. The molecule has 1 spiro atoms. The van der Waals surface area contributed by atoms with Crippen LogP contribution in [0.25, 0.3) is 22.2 Å². The Labute approximate surface area is 254 Å². The number of ether oxygens (including phenoxy) is 2. The monoisotopic (exact) mass is 614 g/mol. The van der Waals surface area contributed by atoms with Gasteiger partial charge in [0.15, 0.2) is 5.82 Å². The number of aromatic hydroxyl groups is 1. The SMILES string of the molecule is COc1nc(N2CCNC3(CCOC3)C2)c2cnc(-c3cc(O)cc(Cl)c3C3CC3)c(F)c2n1.FC1CC2CCCN2C1. The molecule has 1 aromatic carbocycles. The fraction of sp³-hybridized carbons (Fsp3) is 0.581. The smallest absolute Gasteiger partial charge is 0.318 e. The highest BCUT2D eigenvalue weighted by molar-refractivity contribution is 6.32. The number of methoxy groups -OCH3 is 1. The number of pyridine rings is 1. The molecule has 4 saturated heterocycles. The third kappa shape index (κ3) is 5.61. The van der Waals surface area contributed by atoms with Crippen molar-refractivity contribution in [3.05, 3.63) is 34.7 Å². The molecule has 3 aromatic rings. The molecule has 1 aliphatic carbocycles. The summed E-state index contributed by atoms with van der Waals surface area (Å²) in [6.45, 7) is 5.34. The van der Waals surface area contributed by atoms with Gasteiger partial charge in [0.05, 0.1) is 24.6 Å². The van der Waals surface area contributed by atoms with Gasteiger partial charge in [-0.15, -0.1) is 0 Å². The molecular formula is C31H37ClF2N6O3. The number of fused-ring (bicyclic) bond motifs is 2. The first-order chi connectivity index (χ1) is 20.8. The lowest BCUT2D eigenvalue weighted by Gasteiger charge is -2.41. The molecule has 3 unspecified atom stereocenters. The van der Waals surface area contributed by atoms with Gasteiger partial charge in [0.25, 0.3) is 0 Å². The van der Waals surface area contributed by atoms with Crippen LogP contribution in [-0.2, 0) is 4.74 Å². The van der Waals surface area contributed by atoms with E-state index in [2.05, 4.69) is 30.1 Å². The topological polar surface area (TPSA) is 95.9 Å². The van der Waals surface area contributed by atoms with E-state index in [0.29, 0.717) is 60.7 Å². The van der Waals surface area contributed by atoms with Crippen molar-refractivity contribution in [1.29, 1.82) is 0 Å². The predicted octanol–water partition coefficient (Wildman–Crippen LogP) is 4.84. The Morgan fingerprint density at radius 1 is 1.21 bits per heavy atom. The van der Waals surface area contributed by atoms with Crippen molar-refractivity contribution >= 4 is 28.3 Å². The summed E-state index contributed by atoms with van der Waals surface area (Å²) in [6.07, 6.45) is 7.27. The van der Waals surface area contributed by atoms with Crippen LogP contribution < -0.4 is 15.0 Å². The number of nitrogens with zero attached hydrogens (tertiary/aromatic N) is 5. The summed E-state index contributed by atoms with van der Waals surface area (Å²) in [5.74, 6) is 0.207. The summed E-state index contributed by atoms with van der Waals surface area (Å²) >= 11 is 6.45. The molecule has 0 amide bonds. The predicted molar refractivity (Wildman–Crippen MR) is 160 cm³/mol. The molecular weight excluding hydrogens is 578 g/mol. The standard InChI is InChI=1S/C24H25ClFN5O3.C7H12FN/c1-33-23-29-21-16(22(30-23)31-6-5-28-24(11-31)4-7-34-12-24)10-27-20(19(21)26)15-8-14(32)9-17(25)18(15)13-2-3-13;8-6-4-7-2-1-3-9(7)5-6/h8-10,13,28,32H,2-7,11-12H2,1H3;6-7H,1-5H2. The number of hydrogen-bond acceptors (Lipinski definition) is 9. The minimum atomic E-state index is -0.586. The van der Waals surface area contributed by atoms with E-state index < -0.39 is 12.0 Å². The highest BCUT2D eigenvalue weighted by Crippen LogP contribution is 2.49. The van der Waals surface area contributed by atoms with E-state index in [1.165, 1.54) is 32.1 Å². The maximum Gasteiger partial charge on any atom is 0.318 e. The van der Waals surface area contributed by atoms with Gasteiger partial charge in [-0.2, -0.15) is 9.97 Å². The third-order valence-corrected chi connectivity index (χ3v) is 9.73. The van der Waals surface area contributed by atoms with Crippen LogP contribution in [0.1, 0.15) is 50.0 Å². The summed E-state index contributed by atoms with van der Waals surface area (Å²) in [7, 11) is 1.47. The van der Waals surface area contributed by atoms with Crippen molar-refractivity contribution in [3.63, 3.8) is 0 Å². The number of benzene rings is 1. The van der Waals surface area contributed by atoms with Crippen LogP contribution in [0.15, 0.2) is 18.3 Å². The molecule has 6 heterocycles. The Kier molecular flexibility index (Phi) is 7.77. The first-order valence-electron chi connectivity index (χ1n) is 15.2. The van der Waals surface area contributed by atoms with E-state index in [-0.39, 0.29) is 34.4 Å². The van der Waals surface area contributed by atoms with Gasteiger partial charge in [-0.25, -0.2) is 8.78 Å². The minimum absolute atomic E-state index is 0.0310. The molecule has 5 aliphatic rings. The average molecular weight is 615 g/mol. The van der Waals surface area contributed by atoms with Crippen molar-refractivity contribution in [3.8, 4) is 23.0 Å². The van der Waals surface area contributed by atoms with Gasteiger partial charge in [-0.1, -0.05) is 11.6 Å². The number of rotatable bonds is 4. The van der Waals surface area contributed by atoms with E-state index in [9.17, 15) is 9.50 Å². The molecule has 4 aliphatic heterocycles. The van der Waals surface area contributed by atoms with E-state index in [4.69, 9.17) is 21.1 Å². The highest BCUT2D eigenvalue weighted by atomic mass is 35.5. The number of nitrogens with one attached hydrogen (secondary N) is 1. The number of phenolic OH excluding ortho intramolecular Hbond substituents is 1. The second-order valence-electron chi connectivity index (χ2n) is 12.4. The zero-order valence-electron chi connectivity index (χ0n) is 24.3. The normalized spacial score (nSPS) is 27.0. The van der Waals surface area contributed by atoms with E-state index >= 15 is 4.39 Å². The summed E-state index contributed by atoms with van der Waals surface area (Å²) in [6, 6.07) is 3.72. The molecule has 9 nitrogen and oxygen atoms in total. The Hall–Kier alpha value is -2.86. The van der Waals surface area contributed by atoms with Gasteiger partial charge in [0.2, 0.25) is 0 Å². The van der Waals surface area contributed by atoms with E-state index in [1.807, 2.05) is 0 Å². The van der Waals surface area contributed by atoms with Gasteiger partial charge < -0.3 is 24.8 Å². The zero-order chi connectivity index (χ0) is 29.7. The number of halogens is 3. The number of alkyl halides is 1. The van der Waals surface area contributed by atoms with Crippen LogP contribution in [0.4, 0.5) is 14.6 Å². The quantitative estimate of drug-likeness (QED) is 0.428. The lowest BCUT2D eigenvalue weighted by atomic mass is 9.95. The number of piperazine rings is 1. The highest BCUT2D eigenvalue weighted by Gasteiger charge is 2.40. The zero-order valence-corrected chi connectivity index (χ0v) is 25.0. The number of hydrogen-bond donors (Lipinski definition) is 2. The average Bonchev–Trinajstić information content (AvgIpc) is 3.39. The number of phenols is 1. The van der Waals surface area contributed by atoms with Crippen LogP contribution in [0.3, 0.4) is 0 Å². The van der Waals surface area contributed by atoms with Crippen LogP contribution in [0.2, 0.25) is 5.02 Å². The number of aromatic nitrogens is 3. The minimum Gasteiger partial charge on any atom is -0.508 e. The molecule has 0 bridgehead atoms. The van der Waals surface area contributed by atoms with Crippen molar-refractivity contribution < 1.29 is 23.4 Å². The maximum absolute atomic E-state index is 16.1. The first-order valence-corrected chi connectivity index (χ1v) is 15.6. The van der Waals surface area contributed by atoms with Crippen molar-refractivity contribution in [1.82, 2.24) is 25.2 Å². The second kappa shape index (κ2) is 11.6. The summed E-state index contributed by atoms with van der Waals surface area (Å²) in [5.41, 5.74) is 1.40. The Morgan fingerprint density at radius 2 is 2.07 bits per heavy atom. The maximum atomic E-state index is 16.1. The largest absolute Gasteiger partial charge is 0.508 e. The molecule has 2 aromatic heterocycles. The Morgan fingerprint density at radius 3 is 2.81 bits per heavy atom. The van der Waals surface area contributed by atoms with E-state index in [0.717, 1.165) is 44.3 Å². The lowest BCUT2D eigenvalue weighted by molar-refractivity contribution is 0.163. The second-order valence-corrected chi connectivity index (χ2v) is 12.8. The Balaban J connectivity index is 0.000000283. The Bertz CT molecular complexity index is 1510. The first kappa shape index (κ1) is 28.9. The fourth-order valence-electron chi connectivity index (χ4n) is 7.16. The molecule has 5 fully saturated rings. The van der Waals surface area contributed by atoms with Gasteiger partial charge in [0.1, 0.15) is 28.9 Å². The van der Waals surface area contributed by atoms with Gasteiger partial charge in [0, 0.05) is 55.6 Å². The van der Waals surface area contributed by atoms with E-state index in [1.54, 1.807) is 6.20 Å². The lowest BCUT2D eigenvalue weighted by Crippen LogP contribution is -2.61. The molecule has 1 saturated carbocycles. The molecule has 2 N–H and O–H groups in total. The van der Waals surface area contributed by atoms with Crippen molar-refractivity contribution in [2.75, 3.05) is 57.9 Å². The van der Waals surface area contributed by atoms with Crippen LogP contribution in [-0.4, -0.2) is 95.8 Å². The fourth-order valence-corrected chi connectivity index (χ4v) is 7.53. The molecule has 12 heteroatoms. The molecule has 43 heavy (non-hydrogen) atoms. The van der Waals surface area contributed by atoms with Crippen LogP contribution >= 0.6 is 11.6 Å². The summed E-state index contributed by atoms with van der Waals surface area (Å²) in [4.78, 5) is 17.8. The summed E-state index contributed by atoms with van der Waals surface area (Å²) < 4.78 is 39.6. The van der Waals surface area contributed by atoms with Crippen LogP contribution in [0, 0.1) is 5.82 Å². The molecule has 8 rings (SSSR count). The van der Waals surface area contributed by atoms with Crippen molar-refractivity contribution in [2.24, 2.45) is 0 Å². The van der Waals surface area contributed by atoms with Gasteiger partial charge in [-0.3, -0.25) is 9.88 Å². The molecule has 3 atom stereocenters. The van der Waals surface area contributed by atoms with Gasteiger partial charge in [-0.05, 0) is 68.7 Å². The molecule has 230 valence electrons. The summed E-state index contributed by atoms with van der Waals surface area (Å²) in [5, 5.41) is 14.7. The van der Waals surface area contributed by atoms with Crippen molar-refractivity contribution in [2.45, 2.75) is 62.2 Å². The van der Waals surface area contributed by atoms with Gasteiger partial charge >= 0.3 is 6.01 Å². The number of anilines is 1. The molecule has 0 radical (unpaired) electrons.